The van der Waals surface area contributed by atoms with Crippen LogP contribution >= 0.6 is 0 Å². The number of benzene rings is 2. The van der Waals surface area contributed by atoms with Crippen molar-refractivity contribution in [2.75, 3.05) is 5.32 Å². The molecule has 0 radical (unpaired) electrons. The molecule has 2 aromatic carbocycles. The van der Waals surface area contributed by atoms with Crippen LogP contribution in [0.3, 0.4) is 0 Å². The van der Waals surface area contributed by atoms with E-state index in [-0.39, 0.29) is 0 Å². The lowest BCUT2D eigenvalue weighted by Gasteiger charge is -2.18. The van der Waals surface area contributed by atoms with Crippen molar-refractivity contribution in [1.82, 2.24) is 15.5 Å². The molecule has 7 heteroatoms. The second kappa shape index (κ2) is 7.77. The predicted octanol–water partition coefficient (Wildman–Crippen LogP) is 2.39. The Hall–Kier alpha value is -3.92. The number of hydrogen-bond donors (Lipinski definition) is 3. The molecule has 1 heterocycles. The van der Waals surface area contributed by atoms with Crippen LogP contribution in [-0.4, -0.2) is 22.0 Å². The zero-order valence-electron chi connectivity index (χ0n) is 13.6. The fourth-order valence-corrected chi connectivity index (χ4v) is 2.42. The topological polar surface area (TPSA) is 111 Å². The van der Waals surface area contributed by atoms with Gasteiger partial charge in [-0.05, 0) is 23.8 Å². The molecule has 7 nitrogen and oxygen atoms in total. The van der Waals surface area contributed by atoms with Crippen LogP contribution in [0.5, 0.6) is 0 Å². The van der Waals surface area contributed by atoms with Gasteiger partial charge in [0.15, 0.2) is 0 Å². The quantitative estimate of drug-likeness (QED) is 0.659. The maximum atomic E-state index is 12.7. The predicted molar refractivity (Wildman–Crippen MR) is 95.0 cm³/mol. The highest BCUT2D eigenvalue weighted by molar-refractivity contribution is 6.01. The van der Waals surface area contributed by atoms with Gasteiger partial charge in [-0.1, -0.05) is 36.4 Å². The summed E-state index contributed by atoms with van der Waals surface area (Å²) in [4.78, 5) is 25.3. The fraction of sp³-hybridized carbons (Fsp3) is 0.0526. The molecule has 0 saturated heterocycles. The van der Waals surface area contributed by atoms with Crippen molar-refractivity contribution in [3.05, 3.63) is 83.6 Å². The first-order chi connectivity index (χ1) is 12.7. The third-order valence-corrected chi connectivity index (χ3v) is 3.68. The summed E-state index contributed by atoms with van der Waals surface area (Å²) >= 11 is 0. The maximum Gasteiger partial charge on any atom is 0.252 e. The number of aromatic nitrogens is 2. The zero-order chi connectivity index (χ0) is 18.4. The van der Waals surface area contributed by atoms with E-state index in [1.807, 2.05) is 12.1 Å². The van der Waals surface area contributed by atoms with Gasteiger partial charge < -0.3 is 10.6 Å². The fourth-order valence-electron chi connectivity index (χ4n) is 2.42. The number of carbonyl (C=O) groups excluding carboxylic acids is 2. The van der Waals surface area contributed by atoms with Crippen LogP contribution in [0.25, 0.3) is 0 Å². The molecule has 128 valence electrons. The Labute approximate surface area is 149 Å². The number of amides is 2. The first-order valence-electron chi connectivity index (χ1n) is 7.83. The lowest BCUT2D eigenvalue weighted by Crippen LogP contribution is -2.37. The lowest BCUT2D eigenvalue weighted by molar-refractivity contribution is -0.118. The van der Waals surface area contributed by atoms with Crippen molar-refractivity contribution in [2.24, 2.45) is 0 Å². The van der Waals surface area contributed by atoms with Crippen LogP contribution in [-0.2, 0) is 4.79 Å². The van der Waals surface area contributed by atoms with Crippen molar-refractivity contribution in [3.63, 3.8) is 0 Å². The molecule has 0 aliphatic heterocycles. The summed E-state index contributed by atoms with van der Waals surface area (Å²) in [6.07, 6.45) is 1.51. The minimum atomic E-state index is -0.905. The number of anilines is 1. The molecule has 26 heavy (non-hydrogen) atoms. The van der Waals surface area contributed by atoms with Gasteiger partial charge in [0.2, 0.25) is 0 Å². The molecule has 1 atom stereocenters. The molecule has 3 N–H and O–H groups in total. The Balaban J connectivity index is 1.84. The largest absolute Gasteiger partial charge is 0.336 e. The number of aromatic amines is 1. The number of carbonyl (C=O) groups is 2. The van der Waals surface area contributed by atoms with Gasteiger partial charge in [0.05, 0.1) is 17.8 Å². The van der Waals surface area contributed by atoms with Crippen molar-refractivity contribution in [3.8, 4) is 6.07 Å². The molecule has 1 unspecified atom stereocenters. The van der Waals surface area contributed by atoms with E-state index in [4.69, 9.17) is 5.26 Å². The summed E-state index contributed by atoms with van der Waals surface area (Å²) < 4.78 is 0. The molecule has 0 aliphatic rings. The average Bonchev–Trinajstić information content (AvgIpc) is 3.19. The molecule has 3 aromatic rings. The van der Waals surface area contributed by atoms with Gasteiger partial charge in [-0.2, -0.15) is 10.4 Å². The van der Waals surface area contributed by atoms with Gasteiger partial charge >= 0.3 is 0 Å². The monoisotopic (exact) mass is 345 g/mol. The van der Waals surface area contributed by atoms with Crippen LogP contribution in [0.2, 0.25) is 0 Å². The van der Waals surface area contributed by atoms with E-state index in [1.165, 1.54) is 12.3 Å². The van der Waals surface area contributed by atoms with E-state index in [9.17, 15) is 9.59 Å². The highest BCUT2D eigenvalue weighted by Gasteiger charge is 2.23. The number of H-pyrrole nitrogens is 1. The molecular formula is C19H15N5O2. The number of nitrogens with zero attached hydrogens (tertiary/aromatic N) is 2. The van der Waals surface area contributed by atoms with Crippen LogP contribution in [0.1, 0.15) is 27.5 Å². The summed E-state index contributed by atoms with van der Waals surface area (Å²) in [7, 11) is 0. The Morgan fingerprint density at radius 1 is 1.08 bits per heavy atom. The van der Waals surface area contributed by atoms with Crippen molar-refractivity contribution in [2.45, 2.75) is 6.04 Å². The highest BCUT2D eigenvalue weighted by Crippen LogP contribution is 2.16. The summed E-state index contributed by atoms with van der Waals surface area (Å²) in [5.74, 6) is -0.433. The van der Waals surface area contributed by atoms with Crippen molar-refractivity contribution < 1.29 is 9.59 Å². The molecule has 0 bridgehead atoms. The van der Waals surface area contributed by atoms with Crippen LogP contribution in [0, 0.1) is 11.3 Å². The second-order valence-electron chi connectivity index (χ2n) is 5.47. The van der Waals surface area contributed by atoms with Gasteiger partial charge in [0, 0.05) is 11.6 Å². The molecule has 1 aromatic heterocycles. The molecular weight excluding hydrogens is 330 g/mol. The van der Waals surface area contributed by atoms with Gasteiger partial charge in [-0.25, -0.2) is 0 Å². The summed E-state index contributed by atoms with van der Waals surface area (Å²) in [6.45, 7) is 0. The standard InChI is InChI=1S/C19H15N5O2/c20-12-13-5-4-8-15(11-13)18(25)23-17(14-6-2-1-3-7-14)19(26)22-16-9-10-21-24-16/h1-11,17H,(H,23,25)(H2,21,22,24,26). The van der Waals surface area contributed by atoms with Gasteiger partial charge in [0.1, 0.15) is 11.9 Å². The normalized spacial score (nSPS) is 11.2. The molecule has 3 rings (SSSR count). The molecule has 0 aliphatic carbocycles. The molecule has 0 saturated carbocycles. The van der Waals surface area contributed by atoms with Gasteiger partial charge in [-0.3, -0.25) is 14.7 Å². The van der Waals surface area contributed by atoms with E-state index >= 15 is 0 Å². The number of nitriles is 1. The van der Waals surface area contributed by atoms with E-state index < -0.39 is 17.9 Å². The van der Waals surface area contributed by atoms with Crippen LogP contribution in [0.4, 0.5) is 5.82 Å². The zero-order valence-corrected chi connectivity index (χ0v) is 13.6. The number of rotatable bonds is 5. The molecule has 0 spiro atoms. The van der Waals surface area contributed by atoms with Gasteiger partial charge in [0.25, 0.3) is 11.8 Å². The summed E-state index contributed by atoms with van der Waals surface area (Å²) in [5.41, 5.74) is 1.31. The smallest absolute Gasteiger partial charge is 0.252 e. The van der Waals surface area contributed by atoms with E-state index in [0.29, 0.717) is 22.5 Å². The molecule has 2 amide bonds. The first-order valence-corrected chi connectivity index (χ1v) is 7.83. The lowest BCUT2D eigenvalue weighted by atomic mass is 10.0. The van der Waals surface area contributed by atoms with E-state index in [1.54, 1.807) is 48.5 Å². The SMILES string of the molecule is N#Cc1cccc(C(=O)NC(C(=O)Nc2ccn[nH]2)c2ccccc2)c1. The minimum absolute atomic E-state index is 0.305. The third-order valence-electron chi connectivity index (χ3n) is 3.68. The average molecular weight is 345 g/mol. The summed E-state index contributed by atoms with van der Waals surface area (Å²) in [6, 6.07) is 17.9. The highest BCUT2D eigenvalue weighted by atomic mass is 16.2. The third kappa shape index (κ3) is 3.94. The number of nitrogens with one attached hydrogen (secondary N) is 3. The van der Waals surface area contributed by atoms with E-state index in [2.05, 4.69) is 20.8 Å². The Morgan fingerprint density at radius 2 is 1.88 bits per heavy atom. The van der Waals surface area contributed by atoms with Crippen molar-refractivity contribution >= 4 is 17.6 Å². The van der Waals surface area contributed by atoms with E-state index in [0.717, 1.165) is 0 Å². The minimum Gasteiger partial charge on any atom is -0.336 e. The summed E-state index contributed by atoms with van der Waals surface area (Å²) in [5, 5.41) is 20.8. The van der Waals surface area contributed by atoms with Crippen LogP contribution in [0.15, 0.2) is 66.9 Å². The Kier molecular flexibility index (Phi) is 5.05. The van der Waals surface area contributed by atoms with Crippen molar-refractivity contribution in [1.29, 1.82) is 5.26 Å². The Bertz CT molecular complexity index is 946. The maximum absolute atomic E-state index is 12.7. The molecule has 0 fully saturated rings. The van der Waals surface area contributed by atoms with Crippen LogP contribution < -0.4 is 10.6 Å². The second-order valence-corrected chi connectivity index (χ2v) is 5.47. The first kappa shape index (κ1) is 16.9. The number of hydrogen-bond acceptors (Lipinski definition) is 4. The Morgan fingerprint density at radius 3 is 2.58 bits per heavy atom. The van der Waals surface area contributed by atoms with Gasteiger partial charge in [-0.15, -0.1) is 0 Å².